The van der Waals surface area contributed by atoms with E-state index in [-0.39, 0.29) is 9.23 Å². The van der Waals surface area contributed by atoms with E-state index in [1.165, 1.54) is 6.92 Å². The third kappa shape index (κ3) is 6.74. The maximum absolute atomic E-state index is 13.7. The molecule has 2 aliphatic heterocycles. The highest BCUT2D eigenvalue weighted by Gasteiger charge is 2.56. The SMILES string of the molecule is CC(=O)OC[C@H]1O[C@@H](N2C(=O)C(=C(C)c3ccccn3)SC2=S)[C@H](OC(C)=O)[C@@H](OC(C)=O)[C@@H]1OC(C)=O. The van der Waals surface area contributed by atoms with Gasteiger partial charge in [0, 0.05) is 33.9 Å². The Morgan fingerprint density at radius 2 is 1.55 bits per heavy atom. The largest absolute Gasteiger partial charge is 0.463 e. The summed E-state index contributed by atoms with van der Waals surface area (Å²) in [4.78, 5) is 66.9. The number of carbonyl (C=O) groups is 5. The third-order valence-electron chi connectivity index (χ3n) is 5.41. The smallest absolute Gasteiger partial charge is 0.303 e. The van der Waals surface area contributed by atoms with Crippen molar-refractivity contribution in [1.82, 2.24) is 9.88 Å². The first-order valence-corrected chi connectivity index (χ1v) is 12.6. The zero-order valence-corrected chi connectivity index (χ0v) is 22.8. The van der Waals surface area contributed by atoms with Crippen molar-refractivity contribution in [2.75, 3.05) is 6.61 Å². The Kier molecular flexibility index (Phi) is 9.57. The van der Waals surface area contributed by atoms with Crippen LogP contribution in [0.15, 0.2) is 29.3 Å². The van der Waals surface area contributed by atoms with E-state index in [9.17, 15) is 24.0 Å². The molecular weight excluding hydrogens is 540 g/mol. The normalized spacial score (nSPS) is 26.4. The summed E-state index contributed by atoms with van der Waals surface area (Å²) in [6.07, 6.45) is -5.28. The summed E-state index contributed by atoms with van der Waals surface area (Å²) in [7, 11) is 0. The van der Waals surface area contributed by atoms with E-state index in [0.717, 1.165) is 37.4 Å². The molecule has 0 spiro atoms. The lowest BCUT2D eigenvalue weighted by atomic mass is 9.96. The van der Waals surface area contributed by atoms with Gasteiger partial charge in [-0.05, 0) is 24.6 Å². The van der Waals surface area contributed by atoms with Crippen LogP contribution in [0.2, 0.25) is 0 Å². The molecule has 204 valence electrons. The first-order chi connectivity index (χ1) is 17.9. The van der Waals surface area contributed by atoms with E-state index in [4.69, 9.17) is 35.9 Å². The number of amides is 1. The highest BCUT2D eigenvalue weighted by molar-refractivity contribution is 8.26. The average Bonchev–Trinajstić information content (AvgIpc) is 3.13. The van der Waals surface area contributed by atoms with Gasteiger partial charge in [0.05, 0.1) is 10.6 Å². The first kappa shape index (κ1) is 29.2. The van der Waals surface area contributed by atoms with Gasteiger partial charge in [-0.15, -0.1) is 0 Å². The zero-order chi connectivity index (χ0) is 28.1. The molecule has 0 saturated carbocycles. The van der Waals surface area contributed by atoms with Gasteiger partial charge < -0.3 is 23.7 Å². The molecule has 2 aliphatic rings. The fourth-order valence-electron chi connectivity index (χ4n) is 3.94. The van der Waals surface area contributed by atoms with Gasteiger partial charge in [0.2, 0.25) is 0 Å². The maximum atomic E-state index is 13.7. The number of rotatable bonds is 7. The number of ether oxygens (including phenoxy) is 5. The molecule has 14 heteroatoms. The molecule has 0 aromatic carbocycles. The van der Waals surface area contributed by atoms with Crippen molar-refractivity contribution in [3.8, 4) is 0 Å². The summed E-state index contributed by atoms with van der Waals surface area (Å²) >= 11 is 6.49. The van der Waals surface area contributed by atoms with E-state index in [0.29, 0.717) is 11.3 Å². The first-order valence-electron chi connectivity index (χ1n) is 11.4. The lowest BCUT2D eigenvalue weighted by Gasteiger charge is -2.46. The van der Waals surface area contributed by atoms with Crippen LogP contribution in [0.3, 0.4) is 0 Å². The standard InChI is InChI=1S/C24H26N2O10S2/c1-11(16-8-6-7-9-25-16)21-22(31)26(24(37)38-21)23-20(35-15(5)30)19(34-14(4)29)18(33-13(3)28)17(36-23)10-32-12(2)27/h6-9,17-20,23H,10H2,1-5H3/t17-,18-,19+,20-,23-/m1/s1. The van der Waals surface area contributed by atoms with Crippen LogP contribution in [-0.2, 0) is 47.7 Å². The third-order valence-corrected chi connectivity index (χ3v) is 6.91. The monoisotopic (exact) mass is 566 g/mol. The van der Waals surface area contributed by atoms with E-state index >= 15 is 0 Å². The van der Waals surface area contributed by atoms with Crippen molar-refractivity contribution in [2.45, 2.75) is 65.3 Å². The number of pyridine rings is 1. The van der Waals surface area contributed by atoms with Gasteiger partial charge in [0.25, 0.3) is 5.91 Å². The van der Waals surface area contributed by atoms with Gasteiger partial charge in [0.15, 0.2) is 28.9 Å². The minimum absolute atomic E-state index is 0.0705. The minimum atomic E-state index is -1.45. The van der Waals surface area contributed by atoms with Gasteiger partial charge >= 0.3 is 23.9 Å². The van der Waals surface area contributed by atoms with Gasteiger partial charge in [-0.25, -0.2) is 0 Å². The Bertz CT molecular complexity index is 1170. The Hall–Kier alpha value is -3.36. The lowest BCUT2D eigenvalue weighted by molar-refractivity contribution is -0.268. The quantitative estimate of drug-likeness (QED) is 0.204. The number of allylic oxidation sites excluding steroid dienone is 1. The Balaban J connectivity index is 2.09. The molecule has 2 fully saturated rings. The summed E-state index contributed by atoms with van der Waals surface area (Å²) in [6.45, 7) is 5.80. The Labute approximate surface area is 228 Å². The van der Waals surface area contributed by atoms with E-state index in [1.54, 1.807) is 31.3 Å². The predicted octanol–water partition coefficient (Wildman–Crippen LogP) is 1.76. The molecular formula is C24H26N2O10S2. The van der Waals surface area contributed by atoms with E-state index in [2.05, 4.69) is 4.98 Å². The molecule has 38 heavy (non-hydrogen) atoms. The summed E-state index contributed by atoms with van der Waals surface area (Å²) in [5.41, 5.74) is 1.10. The molecule has 1 aromatic rings. The van der Waals surface area contributed by atoms with Crippen LogP contribution in [-0.4, -0.2) is 81.2 Å². The number of hydrogen-bond acceptors (Lipinski definition) is 13. The second-order valence-corrected chi connectivity index (χ2v) is 9.95. The van der Waals surface area contributed by atoms with Crippen molar-refractivity contribution in [2.24, 2.45) is 0 Å². The molecule has 0 radical (unpaired) electrons. The summed E-state index contributed by atoms with van der Waals surface area (Å²) in [5.74, 6) is -3.55. The molecule has 0 bridgehead atoms. The van der Waals surface area contributed by atoms with E-state index in [1.807, 2.05) is 0 Å². The van der Waals surface area contributed by atoms with Crippen LogP contribution in [0, 0.1) is 0 Å². The van der Waals surface area contributed by atoms with Crippen LogP contribution in [0.25, 0.3) is 5.57 Å². The molecule has 1 amide bonds. The molecule has 0 unspecified atom stereocenters. The predicted molar refractivity (Wildman–Crippen MR) is 136 cm³/mol. The number of carbonyl (C=O) groups excluding carboxylic acids is 5. The van der Waals surface area contributed by atoms with Gasteiger partial charge in [0.1, 0.15) is 12.7 Å². The van der Waals surface area contributed by atoms with Crippen molar-refractivity contribution in [3.63, 3.8) is 0 Å². The molecule has 3 heterocycles. The molecule has 5 atom stereocenters. The molecule has 3 rings (SSSR count). The van der Waals surface area contributed by atoms with Crippen LogP contribution >= 0.6 is 24.0 Å². The molecule has 12 nitrogen and oxygen atoms in total. The van der Waals surface area contributed by atoms with Crippen molar-refractivity contribution < 1.29 is 47.7 Å². The number of nitrogens with zero attached hydrogens (tertiary/aromatic N) is 2. The molecule has 0 aliphatic carbocycles. The van der Waals surface area contributed by atoms with Gasteiger partial charge in [-0.3, -0.25) is 33.9 Å². The van der Waals surface area contributed by atoms with Gasteiger partial charge in [-0.1, -0.05) is 30.0 Å². The molecule has 2 saturated heterocycles. The van der Waals surface area contributed by atoms with Crippen molar-refractivity contribution in [3.05, 3.63) is 35.0 Å². The van der Waals surface area contributed by atoms with Gasteiger partial charge in [-0.2, -0.15) is 0 Å². The maximum Gasteiger partial charge on any atom is 0.303 e. The number of thioether (sulfide) groups is 1. The molecule has 0 N–H and O–H groups in total. The highest BCUT2D eigenvalue weighted by atomic mass is 32.2. The van der Waals surface area contributed by atoms with Crippen molar-refractivity contribution in [1.29, 1.82) is 0 Å². The summed E-state index contributed by atoms with van der Waals surface area (Å²) in [6, 6.07) is 5.24. The zero-order valence-electron chi connectivity index (χ0n) is 21.2. The summed E-state index contributed by atoms with van der Waals surface area (Å²) < 4.78 is 27.5. The number of aromatic nitrogens is 1. The van der Waals surface area contributed by atoms with Crippen molar-refractivity contribution >= 4 is 63.7 Å². The highest BCUT2D eigenvalue weighted by Crippen LogP contribution is 2.41. The van der Waals surface area contributed by atoms with Crippen LogP contribution in [0.4, 0.5) is 0 Å². The molecule has 1 aromatic heterocycles. The topological polar surface area (TPSA) is 148 Å². The van der Waals surface area contributed by atoms with Crippen LogP contribution in [0.5, 0.6) is 0 Å². The fraction of sp³-hybridized carbons (Fsp3) is 0.458. The lowest BCUT2D eigenvalue weighted by Crippen LogP contribution is -2.66. The average molecular weight is 567 g/mol. The minimum Gasteiger partial charge on any atom is -0.463 e. The van der Waals surface area contributed by atoms with Crippen LogP contribution in [0.1, 0.15) is 40.3 Å². The number of hydrogen-bond donors (Lipinski definition) is 0. The number of thiocarbonyl (C=S) groups is 1. The van der Waals surface area contributed by atoms with E-state index < -0.39 is 67.0 Å². The number of esters is 4. The Morgan fingerprint density at radius 3 is 2.11 bits per heavy atom. The second kappa shape index (κ2) is 12.5. The second-order valence-electron chi connectivity index (χ2n) is 8.30. The Morgan fingerprint density at radius 1 is 0.947 bits per heavy atom. The van der Waals surface area contributed by atoms with Crippen LogP contribution < -0.4 is 0 Å². The fourth-order valence-corrected chi connectivity index (χ4v) is 5.28. The summed E-state index contributed by atoms with van der Waals surface area (Å²) in [5, 5.41) is 0.